The third kappa shape index (κ3) is 6.73. The van der Waals surface area contributed by atoms with Gasteiger partial charge in [-0.3, -0.25) is 0 Å². The Bertz CT molecular complexity index is 1300. The van der Waals surface area contributed by atoms with Crippen molar-refractivity contribution in [2.45, 2.75) is 76.9 Å². The molecule has 7 nitrogen and oxygen atoms in total. The van der Waals surface area contributed by atoms with Gasteiger partial charge in [-0.25, -0.2) is 4.79 Å². The highest BCUT2D eigenvalue weighted by Gasteiger charge is 2.51. The number of hydrogen-bond acceptors (Lipinski definition) is 7. The molecule has 0 spiro atoms. The maximum absolute atomic E-state index is 12.4. The highest BCUT2D eigenvalue weighted by atomic mass is 28.4. The van der Waals surface area contributed by atoms with E-state index in [1.54, 1.807) is 6.07 Å². The Labute approximate surface area is 250 Å². The Kier molecular flexibility index (Phi) is 9.83. The van der Waals surface area contributed by atoms with Crippen molar-refractivity contribution in [2.24, 2.45) is 0 Å². The summed E-state index contributed by atoms with van der Waals surface area (Å²) in [6, 6.07) is 24.3. The van der Waals surface area contributed by atoms with Crippen molar-refractivity contribution in [1.82, 2.24) is 0 Å². The number of carbonyl (C=O) groups is 1. The normalized spacial score (nSPS) is 18.5. The molecule has 3 aromatic rings. The lowest BCUT2D eigenvalue weighted by atomic mass is 9.98. The minimum Gasteiger partial charge on any atom is -0.507 e. The fourth-order valence-corrected chi connectivity index (χ4v) is 10.6. The minimum absolute atomic E-state index is 0.154. The number of carbonyl (C=O) groups excluding carboxylic acids is 1. The van der Waals surface area contributed by atoms with Gasteiger partial charge in [-0.15, -0.1) is 0 Å². The van der Waals surface area contributed by atoms with Crippen LogP contribution in [0.2, 0.25) is 5.04 Å². The molecule has 0 bridgehead atoms. The van der Waals surface area contributed by atoms with E-state index in [0.29, 0.717) is 37.2 Å². The third-order valence-corrected chi connectivity index (χ3v) is 12.9. The molecule has 3 aromatic carbocycles. The molecule has 2 atom stereocenters. The molecular formula is C34H44O7Si. The lowest BCUT2D eigenvalue weighted by molar-refractivity contribution is -0.149. The summed E-state index contributed by atoms with van der Waals surface area (Å²) in [5, 5.41) is 12.8. The number of esters is 1. The molecule has 0 unspecified atom stereocenters. The summed E-state index contributed by atoms with van der Waals surface area (Å²) in [7, 11) is 0.0834. The van der Waals surface area contributed by atoms with Gasteiger partial charge in [0.1, 0.15) is 23.2 Å². The molecule has 42 heavy (non-hydrogen) atoms. The van der Waals surface area contributed by atoms with Crippen LogP contribution >= 0.6 is 0 Å². The van der Waals surface area contributed by atoms with E-state index in [0.717, 1.165) is 0 Å². The Morgan fingerprint density at radius 3 is 2.02 bits per heavy atom. The first-order valence-electron chi connectivity index (χ1n) is 14.5. The largest absolute Gasteiger partial charge is 0.507 e. The molecule has 1 aliphatic rings. The van der Waals surface area contributed by atoms with Gasteiger partial charge < -0.3 is 28.5 Å². The SMILES string of the molecule is COC(=O)c1c(O)cc(OC)cc1CCC[C@@H]1OC(C)(C)O[C@@H]1CO[Si](c1ccccc1)(c1ccccc1)C(C)(C)C. The number of phenolic OH excluding ortho intramolecular Hbond substituents is 1. The summed E-state index contributed by atoms with van der Waals surface area (Å²) < 4.78 is 30.2. The second kappa shape index (κ2) is 13.0. The highest BCUT2D eigenvalue weighted by Crippen LogP contribution is 2.39. The maximum Gasteiger partial charge on any atom is 0.341 e. The zero-order chi connectivity index (χ0) is 30.5. The van der Waals surface area contributed by atoms with E-state index in [1.807, 2.05) is 26.0 Å². The van der Waals surface area contributed by atoms with Crippen LogP contribution < -0.4 is 15.1 Å². The van der Waals surface area contributed by atoms with E-state index in [1.165, 1.54) is 30.7 Å². The van der Waals surface area contributed by atoms with E-state index in [2.05, 4.69) is 69.3 Å². The van der Waals surface area contributed by atoms with E-state index in [-0.39, 0.29) is 28.6 Å². The number of phenols is 1. The number of aromatic hydroxyl groups is 1. The maximum atomic E-state index is 12.4. The van der Waals surface area contributed by atoms with Crippen molar-refractivity contribution >= 4 is 24.7 Å². The van der Waals surface area contributed by atoms with Gasteiger partial charge in [0.15, 0.2) is 5.79 Å². The van der Waals surface area contributed by atoms with E-state index in [9.17, 15) is 9.90 Å². The fraction of sp³-hybridized carbons (Fsp3) is 0.441. The zero-order valence-corrected chi connectivity index (χ0v) is 26.8. The Hall–Kier alpha value is -3.17. The van der Waals surface area contributed by atoms with Gasteiger partial charge in [0.05, 0.1) is 26.9 Å². The molecule has 1 N–H and O–H groups in total. The molecule has 1 saturated heterocycles. The standard InChI is InChI=1S/C34H44O7Si/c1-33(2,3)42(26-16-10-8-11-17-26,27-18-12-9-13-19-27)39-23-30-29(40-34(4,5)41-30)20-14-15-24-21-25(37-6)22-28(35)31(24)32(36)38-7/h8-13,16-19,21-22,29-30,35H,14-15,20,23H2,1-7H3/t29-,30+/m0/s1. The van der Waals surface area contributed by atoms with E-state index >= 15 is 0 Å². The number of ether oxygens (including phenoxy) is 4. The van der Waals surface area contributed by atoms with Crippen molar-refractivity contribution in [3.63, 3.8) is 0 Å². The predicted molar refractivity (Wildman–Crippen MR) is 166 cm³/mol. The average Bonchev–Trinajstić information content (AvgIpc) is 3.26. The molecule has 0 radical (unpaired) electrons. The van der Waals surface area contributed by atoms with Crippen LogP contribution in [0.3, 0.4) is 0 Å². The van der Waals surface area contributed by atoms with Crippen LogP contribution in [0.15, 0.2) is 72.8 Å². The van der Waals surface area contributed by atoms with Crippen molar-refractivity contribution < 1.29 is 33.3 Å². The van der Waals surface area contributed by atoms with E-state index < -0.39 is 20.1 Å². The molecule has 0 aromatic heterocycles. The molecule has 8 heteroatoms. The fourth-order valence-electron chi connectivity index (χ4n) is 6.07. The van der Waals surface area contributed by atoms with Crippen molar-refractivity contribution in [3.8, 4) is 11.5 Å². The lowest BCUT2D eigenvalue weighted by Gasteiger charge is -2.43. The molecule has 0 amide bonds. The third-order valence-electron chi connectivity index (χ3n) is 7.90. The first-order valence-corrected chi connectivity index (χ1v) is 16.4. The van der Waals surface area contributed by atoms with Crippen LogP contribution in [0.5, 0.6) is 11.5 Å². The molecule has 1 aliphatic heterocycles. The number of hydrogen-bond donors (Lipinski definition) is 1. The van der Waals surface area contributed by atoms with Crippen LogP contribution in [0.25, 0.3) is 0 Å². The smallest absolute Gasteiger partial charge is 0.341 e. The molecule has 1 heterocycles. The first kappa shape index (κ1) is 31.8. The Balaban J connectivity index is 1.57. The van der Waals surface area contributed by atoms with Crippen molar-refractivity contribution in [1.29, 1.82) is 0 Å². The van der Waals surface area contributed by atoms with Crippen LogP contribution in [-0.2, 0) is 25.1 Å². The average molecular weight is 593 g/mol. The molecular weight excluding hydrogens is 548 g/mol. The van der Waals surface area contributed by atoms with Gasteiger partial charge in [0.2, 0.25) is 0 Å². The monoisotopic (exact) mass is 592 g/mol. The topological polar surface area (TPSA) is 83.5 Å². The quantitative estimate of drug-likeness (QED) is 0.229. The van der Waals surface area contributed by atoms with Gasteiger partial charge in [0.25, 0.3) is 8.32 Å². The number of benzene rings is 3. The van der Waals surface area contributed by atoms with Gasteiger partial charge in [-0.1, -0.05) is 81.4 Å². The Morgan fingerprint density at radius 2 is 1.50 bits per heavy atom. The molecule has 1 fully saturated rings. The summed E-state index contributed by atoms with van der Waals surface area (Å²) >= 11 is 0. The first-order chi connectivity index (χ1) is 19.9. The second-order valence-corrected chi connectivity index (χ2v) is 16.6. The predicted octanol–water partition coefficient (Wildman–Crippen LogP) is 5.61. The zero-order valence-electron chi connectivity index (χ0n) is 25.8. The highest BCUT2D eigenvalue weighted by molar-refractivity contribution is 6.99. The summed E-state index contributed by atoms with van der Waals surface area (Å²) in [5.74, 6) is -1.01. The molecule has 226 valence electrons. The summed E-state index contributed by atoms with van der Waals surface area (Å²) in [6.45, 7) is 11.0. The van der Waals surface area contributed by atoms with Gasteiger partial charge in [0, 0.05) is 6.07 Å². The van der Waals surface area contributed by atoms with Gasteiger partial charge in [-0.05, 0) is 60.2 Å². The van der Waals surface area contributed by atoms with Crippen LogP contribution in [-0.4, -0.2) is 58.2 Å². The molecule has 0 aliphatic carbocycles. The summed E-state index contributed by atoms with van der Waals surface area (Å²) in [4.78, 5) is 12.4. The van der Waals surface area contributed by atoms with Crippen LogP contribution in [0.1, 0.15) is 63.4 Å². The van der Waals surface area contributed by atoms with Gasteiger partial charge >= 0.3 is 5.97 Å². The number of aryl methyl sites for hydroxylation is 1. The van der Waals surface area contributed by atoms with Gasteiger partial charge in [-0.2, -0.15) is 0 Å². The Morgan fingerprint density at radius 1 is 0.929 bits per heavy atom. The lowest BCUT2D eigenvalue weighted by Crippen LogP contribution is -2.67. The minimum atomic E-state index is -2.75. The van der Waals surface area contributed by atoms with Crippen molar-refractivity contribution in [2.75, 3.05) is 20.8 Å². The van der Waals surface area contributed by atoms with Crippen LogP contribution in [0, 0.1) is 0 Å². The molecule has 0 saturated carbocycles. The summed E-state index contributed by atoms with van der Waals surface area (Å²) in [5.41, 5.74) is 0.825. The summed E-state index contributed by atoms with van der Waals surface area (Å²) in [6.07, 6.45) is 1.41. The second-order valence-electron chi connectivity index (χ2n) is 12.3. The number of methoxy groups -OCH3 is 2. The van der Waals surface area contributed by atoms with E-state index in [4.69, 9.17) is 23.4 Å². The number of rotatable bonds is 11. The molecule has 4 rings (SSSR count). The van der Waals surface area contributed by atoms with Crippen LogP contribution in [0.4, 0.5) is 0 Å². The van der Waals surface area contributed by atoms with Crippen molar-refractivity contribution in [3.05, 3.63) is 83.9 Å².